The summed E-state index contributed by atoms with van der Waals surface area (Å²) in [7, 11) is 1.75. The minimum atomic E-state index is -0.377. The van der Waals surface area contributed by atoms with Crippen molar-refractivity contribution in [3.05, 3.63) is 39.3 Å². The van der Waals surface area contributed by atoms with E-state index in [0.29, 0.717) is 9.90 Å². The van der Waals surface area contributed by atoms with Crippen LogP contribution >= 0.6 is 22.9 Å². The lowest BCUT2D eigenvalue weighted by Crippen LogP contribution is -2.03. The third kappa shape index (κ3) is 2.62. The zero-order valence-electron chi connectivity index (χ0n) is 8.51. The van der Waals surface area contributed by atoms with Gasteiger partial charge in [0.25, 0.3) is 0 Å². The number of hydrogen-bond acceptors (Lipinski definition) is 4. The van der Waals surface area contributed by atoms with Crippen molar-refractivity contribution < 1.29 is 9.53 Å². The van der Waals surface area contributed by atoms with Crippen molar-refractivity contribution in [2.75, 3.05) is 0 Å². The molecule has 0 aliphatic rings. The lowest BCUT2D eigenvalue weighted by atomic mass is 10.4. The number of ether oxygens (including phenoxy) is 1. The molecular formula is C10H9ClN2O2S. The van der Waals surface area contributed by atoms with Gasteiger partial charge >= 0.3 is 5.97 Å². The third-order valence-corrected chi connectivity index (χ3v) is 3.12. The van der Waals surface area contributed by atoms with Crippen molar-refractivity contribution in [2.24, 2.45) is 7.05 Å². The number of aromatic nitrogens is 2. The first-order valence-electron chi connectivity index (χ1n) is 4.55. The lowest BCUT2D eigenvalue weighted by Gasteiger charge is -1.99. The van der Waals surface area contributed by atoms with Crippen LogP contribution in [0.5, 0.6) is 0 Å². The van der Waals surface area contributed by atoms with E-state index in [2.05, 4.69) is 5.10 Å². The molecule has 84 valence electrons. The maximum Gasteiger partial charge on any atom is 0.341 e. The highest BCUT2D eigenvalue weighted by molar-refractivity contribution is 7.16. The number of carbonyl (C=O) groups is 1. The monoisotopic (exact) mass is 256 g/mol. The van der Waals surface area contributed by atoms with Gasteiger partial charge < -0.3 is 4.74 Å². The Morgan fingerprint density at radius 3 is 3.00 bits per heavy atom. The fourth-order valence-corrected chi connectivity index (χ4v) is 2.18. The van der Waals surface area contributed by atoms with Crippen molar-refractivity contribution in [3.8, 4) is 0 Å². The van der Waals surface area contributed by atoms with Crippen molar-refractivity contribution in [1.29, 1.82) is 0 Å². The van der Waals surface area contributed by atoms with Gasteiger partial charge in [0.15, 0.2) is 0 Å². The Morgan fingerprint density at radius 2 is 2.44 bits per heavy atom. The predicted molar refractivity (Wildman–Crippen MR) is 61.7 cm³/mol. The van der Waals surface area contributed by atoms with E-state index in [9.17, 15) is 4.79 Å². The number of aryl methyl sites for hydroxylation is 1. The summed E-state index contributed by atoms with van der Waals surface area (Å²) in [4.78, 5) is 12.5. The summed E-state index contributed by atoms with van der Waals surface area (Å²) >= 11 is 7.16. The molecule has 0 radical (unpaired) electrons. The molecule has 0 saturated carbocycles. The van der Waals surface area contributed by atoms with E-state index in [1.165, 1.54) is 17.5 Å². The summed E-state index contributed by atoms with van der Waals surface area (Å²) in [6.45, 7) is 0.241. The summed E-state index contributed by atoms with van der Waals surface area (Å²) < 4.78 is 7.34. The molecular weight excluding hydrogens is 248 g/mol. The third-order valence-electron chi connectivity index (χ3n) is 1.91. The van der Waals surface area contributed by atoms with Crippen LogP contribution in [-0.4, -0.2) is 15.7 Å². The van der Waals surface area contributed by atoms with E-state index in [-0.39, 0.29) is 12.6 Å². The number of halogens is 1. The van der Waals surface area contributed by atoms with E-state index in [4.69, 9.17) is 16.3 Å². The topological polar surface area (TPSA) is 44.1 Å². The Labute approximate surface area is 101 Å². The molecule has 0 atom stereocenters. The van der Waals surface area contributed by atoms with Crippen molar-refractivity contribution in [2.45, 2.75) is 6.61 Å². The molecule has 0 aliphatic heterocycles. The Bertz CT molecular complexity index is 506. The van der Waals surface area contributed by atoms with Crippen molar-refractivity contribution in [3.63, 3.8) is 0 Å². The molecule has 2 rings (SSSR count). The predicted octanol–water partition coefficient (Wildman–Crippen LogP) is 2.49. The van der Waals surface area contributed by atoms with Crippen LogP contribution in [0.4, 0.5) is 0 Å². The molecule has 0 unspecified atom stereocenters. The van der Waals surface area contributed by atoms with Gasteiger partial charge in [-0.25, -0.2) is 4.79 Å². The largest absolute Gasteiger partial charge is 0.456 e. The molecule has 0 bridgehead atoms. The van der Waals surface area contributed by atoms with Crippen molar-refractivity contribution in [1.82, 2.24) is 9.78 Å². The second-order valence-electron chi connectivity index (χ2n) is 3.18. The molecule has 2 heterocycles. The average molecular weight is 257 g/mol. The van der Waals surface area contributed by atoms with E-state index in [1.807, 2.05) is 6.07 Å². The van der Waals surface area contributed by atoms with Crippen LogP contribution in [0.15, 0.2) is 24.5 Å². The smallest absolute Gasteiger partial charge is 0.341 e. The van der Waals surface area contributed by atoms with Gasteiger partial charge in [0.05, 0.1) is 16.1 Å². The first kappa shape index (κ1) is 11.2. The van der Waals surface area contributed by atoms with Crippen LogP contribution in [0.3, 0.4) is 0 Å². The van der Waals surface area contributed by atoms with Crippen LogP contribution in [0.2, 0.25) is 4.34 Å². The van der Waals surface area contributed by atoms with Crippen LogP contribution in [0.1, 0.15) is 15.2 Å². The number of esters is 1. The fourth-order valence-electron chi connectivity index (χ4n) is 1.18. The van der Waals surface area contributed by atoms with E-state index in [1.54, 1.807) is 24.0 Å². The Balaban J connectivity index is 1.93. The zero-order valence-corrected chi connectivity index (χ0v) is 10.1. The number of nitrogens with zero attached hydrogens (tertiary/aromatic N) is 2. The fraction of sp³-hybridized carbons (Fsp3) is 0.200. The van der Waals surface area contributed by atoms with Crippen LogP contribution < -0.4 is 0 Å². The van der Waals surface area contributed by atoms with Gasteiger partial charge in [-0.2, -0.15) is 5.10 Å². The molecule has 6 heteroatoms. The SMILES string of the molecule is Cn1cc(C(=O)OCc2ccc(Cl)s2)cn1. The molecule has 0 aromatic carbocycles. The second kappa shape index (κ2) is 4.67. The lowest BCUT2D eigenvalue weighted by molar-refractivity contribution is 0.0476. The normalized spacial score (nSPS) is 10.4. The van der Waals surface area contributed by atoms with E-state index < -0.39 is 0 Å². The quantitative estimate of drug-likeness (QED) is 0.793. The minimum Gasteiger partial charge on any atom is -0.456 e. The number of thiophene rings is 1. The molecule has 16 heavy (non-hydrogen) atoms. The highest BCUT2D eigenvalue weighted by atomic mass is 35.5. The standard InChI is InChI=1S/C10H9ClN2O2S/c1-13-5-7(4-12-13)10(14)15-6-8-2-3-9(11)16-8/h2-5H,6H2,1H3. The highest BCUT2D eigenvalue weighted by Crippen LogP contribution is 2.22. The second-order valence-corrected chi connectivity index (χ2v) is 4.98. The summed E-state index contributed by atoms with van der Waals surface area (Å²) in [5, 5.41) is 3.89. The van der Waals surface area contributed by atoms with Crippen LogP contribution in [0, 0.1) is 0 Å². The van der Waals surface area contributed by atoms with Gasteiger partial charge in [-0.05, 0) is 12.1 Å². The summed E-state index contributed by atoms with van der Waals surface area (Å²) in [6, 6.07) is 3.61. The maximum atomic E-state index is 11.5. The van der Waals surface area contributed by atoms with Crippen LogP contribution in [-0.2, 0) is 18.4 Å². The molecule has 0 amide bonds. The highest BCUT2D eigenvalue weighted by Gasteiger charge is 2.09. The molecule has 0 fully saturated rings. The summed E-state index contributed by atoms with van der Waals surface area (Å²) in [6.07, 6.45) is 3.09. The molecule has 0 spiro atoms. The number of rotatable bonds is 3. The van der Waals surface area contributed by atoms with Gasteiger partial charge in [0, 0.05) is 18.1 Å². The van der Waals surface area contributed by atoms with E-state index >= 15 is 0 Å². The van der Waals surface area contributed by atoms with Gasteiger partial charge in [0.1, 0.15) is 6.61 Å². The maximum absolute atomic E-state index is 11.5. The Hall–Kier alpha value is -1.33. The van der Waals surface area contributed by atoms with Crippen LogP contribution in [0.25, 0.3) is 0 Å². The molecule has 4 nitrogen and oxygen atoms in total. The Kier molecular flexibility index (Phi) is 3.26. The van der Waals surface area contributed by atoms with Crippen molar-refractivity contribution >= 4 is 28.9 Å². The summed E-state index contributed by atoms with van der Waals surface area (Å²) in [5.74, 6) is -0.377. The summed E-state index contributed by atoms with van der Waals surface area (Å²) in [5.41, 5.74) is 0.449. The molecule has 0 aliphatic carbocycles. The van der Waals surface area contributed by atoms with Gasteiger partial charge in [0.2, 0.25) is 0 Å². The van der Waals surface area contributed by atoms with Gasteiger partial charge in [-0.15, -0.1) is 11.3 Å². The molecule has 2 aromatic heterocycles. The van der Waals surface area contributed by atoms with Gasteiger partial charge in [-0.3, -0.25) is 4.68 Å². The first-order chi connectivity index (χ1) is 7.65. The van der Waals surface area contributed by atoms with Gasteiger partial charge in [-0.1, -0.05) is 11.6 Å². The number of carbonyl (C=O) groups excluding carboxylic acids is 1. The van der Waals surface area contributed by atoms with E-state index in [0.717, 1.165) is 4.88 Å². The molecule has 0 saturated heterocycles. The first-order valence-corrected chi connectivity index (χ1v) is 5.74. The molecule has 2 aromatic rings. The average Bonchev–Trinajstić information content (AvgIpc) is 2.84. The molecule has 0 N–H and O–H groups in total. The number of hydrogen-bond donors (Lipinski definition) is 0. The minimum absolute atomic E-state index is 0.241. The Morgan fingerprint density at radius 1 is 1.62 bits per heavy atom. The zero-order chi connectivity index (χ0) is 11.5.